The average Bonchev–Trinajstić information content (AvgIpc) is 3.51. The number of thioether (sulfide) groups is 1. The zero-order valence-electron chi connectivity index (χ0n) is 16.9. The van der Waals surface area contributed by atoms with Crippen LogP contribution in [0.25, 0.3) is 0 Å². The first kappa shape index (κ1) is 20.4. The fraction of sp³-hybridized carbons (Fsp3) is 0.227. The van der Waals surface area contributed by atoms with Gasteiger partial charge in [0.1, 0.15) is 18.2 Å². The van der Waals surface area contributed by atoms with E-state index in [0.29, 0.717) is 28.6 Å². The quantitative estimate of drug-likeness (QED) is 0.595. The van der Waals surface area contributed by atoms with E-state index in [0.717, 1.165) is 22.6 Å². The van der Waals surface area contributed by atoms with Gasteiger partial charge in [0.15, 0.2) is 11.5 Å². The van der Waals surface area contributed by atoms with E-state index in [2.05, 4.69) is 15.7 Å². The number of hydrogen-bond acceptors (Lipinski definition) is 6. The Bertz CT molecular complexity index is 1200. The maximum atomic E-state index is 13.0. The summed E-state index contributed by atoms with van der Waals surface area (Å²) in [7, 11) is 0. The molecule has 0 atom stereocenters. The second-order valence-electron chi connectivity index (χ2n) is 7.35. The monoisotopic (exact) mass is 454 g/mol. The van der Waals surface area contributed by atoms with Crippen LogP contribution in [-0.2, 0) is 29.4 Å². The summed E-state index contributed by atoms with van der Waals surface area (Å²) >= 11 is 1.70. The number of fused-ring (bicyclic) bond motifs is 2. The first-order valence-electron chi connectivity index (χ1n) is 9.95. The Morgan fingerprint density at radius 1 is 1.09 bits per heavy atom. The molecule has 32 heavy (non-hydrogen) atoms. The first-order chi connectivity index (χ1) is 15.6. The normalized spacial score (nSPS) is 13.7. The third-order valence-corrected chi connectivity index (χ3v) is 6.15. The number of aromatic nitrogens is 2. The van der Waals surface area contributed by atoms with Gasteiger partial charge in [-0.25, -0.2) is 9.07 Å². The van der Waals surface area contributed by atoms with Gasteiger partial charge < -0.3 is 20.1 Å². The van der Waals surface area contributed by atoms with E-state index in [9.17, 15) is 14.0 Å². The summed E-state index contributed by atoms with van der Waals surface area (Å²) in [4.78, 5) is 25.4. The van der Waals surface area contributed by atoms with Crippen molar-refractivity contribution in [2.24, 2.45) is 0 Å². The molecule has 1 aromatic heterocycles. The molecule has 3 heterocycles. The van der Waals surface area contributed by atoms with Crippen molar-refractivity contribution in [3.8, 4) is 11.5 Å². The number of carbonyl (C=O) groups is 2. The molecule has 2 aliphatic rings. The summed E-state index contributed by atoms with van der Waals surface area (Å²) < 4.78 is 25.2. The number of amides is 2. The Morgan fingerprint density at radius 2 is 1.91 bits per heavy atom. The van der Waals surface area contributed by atoms with Crippen LogP contribution in [0, 0.1) is 5.82 Å². The van der Waals surface area contributed by atoms with E-state index in [1.165, 1.54) is 16.8 Å². The molecule has 2 N–H and O–H groups in total. The Hall–Kier alpha value is -3.53. The first-order valence-corrected chi connectivity index (χ1v) is 11.1. The number of rotatable bonds is 6. The summed E-state index contributed by atoms with van der Waals surface area (Å²) in [6.45, 7) is 0.357. The smallest absolute Gasteiger partial charge is 0.256 e. The predicted molar refractivity (Wildman–Crippen MR) is 116 cm³/mol. The lowest BCUT2D eigenvalue weighted by Crippen LogP contribution is -2.28. The van der Waals surface area contributed by atoms with Crippen molar-refractivity contribution in [3.63, 3.8) is 0 Å². The van der Waals surface area contributed by atoms with Crippen molar-refractivity contribution in [1.82, 2.24) is 15.1 Å². The molecule has 2 aliphatic heterocycles. The highest BCUT2D eigenvalue weighted by Gasteiger charge is 2.26. The summed E-state index contributed by atoms with van der Waals surface area (Å²) in [5.74, 6) is 2.17. The van der Waals surface area contributed by atoms with Gasteiger partial charge in [-0.1, -0.05) is 12.1 Å². The van der Waals surface area contributed by atoms with Gasteiger partial charge in [0.25, 0.3) is 5.91 Å². The SMILES string of the molecule is O=C(Cn1nc2c(c1NC(=O)c1ccc3c(c1)OCO3)CSC2)NCc1ccc(F)cc1. The minimum atomic E-state index is -0.327. The van der Waals surface area contributed by atoms with Gasteiger partial charge in [-0.2, -0.15) is 16.9 Å². The Labute approximate surface area is 187 Å². The molecule has 5 rings (SSSR count). The van der Waals surface area contributed by atoms with E-state index in [-0.39, 0.29) is 37.5 Å². The van der Waals surface area contributed by atoms with Crippen LogP contribution in [0.2, 0.25) is 0 Å². The minimum absolute atomic E-state index is 0.0460. The van der Waals surface area contributed by atoms with Crippen LogP contribution < -0.4 is 20.1 Å². The minimum Gasteiger partial charge on any atom is -0.454 e. The zero-order valence-corrected chi connectivity index (χ0v) is 17.7. The molecule has 0 saturated carbocycles. The molecule has 0 unspecified atom stereocenters. The van der Waals surface area contributed by atoms with Gasteiger partial charge in [-0.15, -0.1) is 0 Å². The molecule has 0 fully saturated rings. The van der Waals surface area contributed by atoms with Crippen molar-refractivity contribution in [3.05, 3.63) is 70.7 Å². The molecule has 2 amide bonds. The second-order valence-corrected chi connectivity index (χ2v) is 8.34. The zero-order chi connectivity index (χ0) is 22.1. The predicted octanol–water partition coefficient (Wildman–Crippen LogP) is 3.07. The van der Waals surface area contributed by atoms with Crippen molar-refractivity contribution in [2.45, 2.75) is 24.6 Å². The lowest BCUT2D eigenvalue weighted by Gasteiger charge is -2.12. The third kappa shape index (κ3) is 4.13. The fourth-order valence-electron chi connectivity index (χ4n) is 3.53. The molecule has 3 aromatic rings. The van der Waals surface area contributed by atoms with Crippen LogP contribution in [0.5, 0.6) is 11.5 Å². The molecule has 164 valence electrons. The summed E-state index contributed by atoms with van der Waals surface area (Å²) in [6, 6.07) is 10.9. The molecular formula is C22H19FN4O4S. The number of nitrogens with zero attached hydrogens (tertiary/aromatic N) is 2. The lowest BCUT2D eigenvalue weighted by molar-refractivity contribution is -0.122. The summed E-state index contributed by atoms with van der Waals surface area (Å²) in [5, 5.41) is 10.2. The second kappa shape index (κ2) is 8.54. The number of anilines is 1. The molecule has 0 aliphatic carbocycles. The van der Waals surface area contributed by atoms with Crippen LogP contribution in [-0.4, -0.2) is 28.4 Å². The number of hydrogen-bond donors (Lipinski definition) is 2. The van der Waals surface area contributed by atoms with Crippen molar-refractivity contribution in [1.29, 1.82) is 0 Å². The Balaban J connectivity index is 1.30. The van der Waals surface area contributed by atoms with Gasteiger partial charge in [0.2, 0.25) is 12.7 Å². The van der Waals surface area contributed by atoms with Gasteiger partial charge >= 0.3 is 0 Å². The fourth-order valence-corrected chi connectivity index (χ4v) is 4.57. The van der Waals surface area contributed by atoms with Gasteiger partial charge in [0, 0.05) is 29.2 Å². The summed E-state index contributed by atoms with van der Waals surface area (Å²) in [6.07, 6.45) is 0. The molecular weight excluding hydrogens is 435 g/mol. The third-order valence-electron chi connectivity index (χ3n) is 5.18. The highest BCUT2D eigenvalue weighted by atomic mass is 32.2. The molecule has 0 radical (unpaired) electrons. The van der Waals surface area contributed by atoms with Crippen LogP contribution in [0.1, 0.15) is 27.2 Å². The van der Waals surface area contributed by atoms with Crippen molar-refractivity contribution in [2.75, 3.05) is 12.1 Å². The molecule has 0 bridgehead atoms. The Morgan fingerprint density at radius 3 is 2.75 bits per heavy atom. The molecule has 8 nitrogen and oxygen atoms in total. The number of carbonyl (C=O) groups excluding carboxylic acids is 2. The topological polar surface area (TPSA) is 94.5 Å². The molecule has 0 spiro atoms. The maximum Gasteiger partial charge on any atom is 0.256 e. The van der Waals surface area contributed by atoms with Gasteiger partial charge in [0.05, 0.1) is 5.69 Å². The van der Waals surface area contributed by atoms with E-state index >= 15 is 0 Å². The van der Waals surface area contributed by atoms with Gasteiger partial charge in [-0.3, -0.25) is 9.59 Å². The van der Waals surface area contributed by atoms with Gasteiger partial charge in [-0.05, 0) is 35.9 Å². The molecule has 2 aromatic carbocycles. The Kier molecular flexibility index (Phi) is 5.44. The number of nitrogens with one attached hydrogen (secondary N) is 2. The molecule has 10 heteroatoms. The van der Waals surface area contributed by atoms with E-state index in [1.54, 1.807) is 42.1 Å². The highest BCUT2D eigenvalue weighted by molar-refractivity contribution is 7.98. The van der Waals surface area contributed by atoms with Crippen LogP contribution in [0.15, 0.2) is 42.5 Å². The van der Waals surface area contributed by atoms with E-state index < -0.39 is 0 Å². The van der Waals surface area contributed by atoms with Crippen LogP contribution in [0.4, 0.5) is 10.2 Å². The number of benzene rings is 2. The van der Waals surface area contributed by atoms with E-state index in [4.69, 9.17) is 9.47 Å². The average molecular weight is 454 g/mol. The largest absolute Gasteiger partial charge is 0.454 e. The maximum absolute atomic E-state index is 13.0. The summed E-state index contributed by atoms with van der Waals surface area (Å²) in [5.41, 5.74) is 3.00. The van der Waals surface area contributed by atoms with Crippen molar-refractivity contribution >= 4 is 29.4 Å². The molecule has 0 saturated heterocycles. The number of halogens is 1. The highest BCUT2D eigenvalue weighted by Crippen LogP contribution is 2.36. The van der Waals surface area contributed by atoms with E-state index in [1.807, 2.05) is 0 Å². The van der Waals surface area contributed by atoms with Crippen LogP contribution in [0.3, 0.4) is 0 Å². The van der Waals surface area contributed by atoms with Crippen LogP contribution >= 0.6 is 11.8 Å². The number of ether oxygens (including phenoxy) is 2. The standard InChI is InChI=1S/C22H19FN4O4S/c23-15-4-1-13(2-5-15)8-24-20(28)9-27-21(16-10-32-11-17(16)26-27)25-22(29)14-3-6-18-19(7-14)31-12-30-18/h1-7H,8-12H2,(H,24,28)(H,25,29). The lowest BCUT2D eigenvalue weighted by atomic mass is 10.2. The van der Waals surface area contributed by atoms with Crippen molar-refractivity contribution < 1.29 is 23.5 Å².